The number of hydrogen-bond acceptors (Lipinski definition) is 4. The number of para-hydroxylation sites is 1. The van der Waals surface area contributed by atoms with Crippen molar-refractivity contribution >= 4 is 38.3 Å². The molecule has 1 aromatic heterocycles. The molecule has 192 valence electrons. The van der Waals surface area contributed by atoms with Gasteiger partial charge in [0, 0.05) is 23.4 Å². The summed E-state index contributed by atoms with van der Waals surface area (Å²) < 4.78 is 65.6. The zero-order chi connectivity index (χ0) is 27.3. The topological polar surface area (TPSA) is 84.3 Å². The summed E-state index contributed by atoms with van der Waals surface area (Å²) in [7, 11) is -3.77. The van der Waals surface area contributed by atoms with Gasteiger partial charge < -0.3 is 5.11 Å². The molecule has 0 fully saturated rings. The van der Waals surface area contributed by atoms with E-state index in [9.17, 15) is 31.5 Å². The van der Waals surface area contributed by atoms with Crippen LogP contribution in [-0.2, 0) is 16.0 Å². The third-order valence-corrected chi connectivity index (χ3v) is 7.52. The van der Waals surface area contributed by atoms with E-state index >= 15 is 0 Å². The van der Waals surface area contributed by atoms with Crippen molar-refractivity contribution in [3.63, 3.8) is 0 Å². The Morgan fingerprint density at radius 1 is 1.03 bits per heavy atom. The molecule has 0 unspecified atom stereocenters. The van der Waals surface area contributed by atoms with Gasteiger partial charge in [0.05, 0.1) is 26.6 Å². The van der Waals surface area contributed by atoms with Crippen molar-refractivity contribution in [3.8, 4) is 22.3 Å². The minimum Gasteiger partial charge on any atom is -0.478 e. The van der Waals surface area contributed by atoms with Crippen LogP contribution in [0.25, 0.3) is 33.2 Å². The molecule has 0 bridgehead atoms. The number of carboxylic acid groups (broad SMARTS) is 1. The summed E-state index contributed by atoms with van der Waals surface area (Å²) in [5, 5.41) is 9.74. The summed E-state index contributed by atoms with van der Waals surface area (Å²) in [6, 6.07) is 12.8. The minimum absolute atomic E-state index is 0.0825. The third-order valence-electron chi connectivity index (χ3n) is 6.02. The van der Waals surface area contributed by atoms with Gasteiger partial charge in [0.15, 0.2) is 9.84 Å². The van der Waals surface area contributed by atoms with E-state index in [2.05, 4.69) is 4.98 Å². The second-order valence-electron chi connectivity index (χ2n) is 8.93. The minimum atomic E-state index is -4.60. The van der Waals surface area contributed by atoms with Gasteiger partial charge in [-0.2, -0.15) is 13.2 Å². The molecule has 0 aliphatic carbocycles. The van der Waals surface area contributed by atoms with Crippen LogP contribution in [0.1, 0.15) is 41.3 Å². The molecule has 0 aliphatic heterocycles. The van der Waals surface area contributed by atoms with E-state index in [1.807, 2.05) is 13.8 Å². The SMILES string of the molecule is CC(C)c1cnc2c(C(F)(F)F)cccc2c1-c1cccc(-c2cc(S(C)(=O)=O)cc(C(=O)O)c2Cl)c1. The number of halogens is 4. The van der Waals surface area contributed by atoms with Gasteiger partial charge in [-0.3, -0.25) is 4.98 Å². The first kappa shape index (κ1) is 26.6. The van der Waals surface area contributed by atoms with E-state index in [0.717, 1.165) is 18.4 Å². The van der Waals surface area contributed by atoms with Gasteiger partial charge in [0.25, 0.3) is 0 Å². The Bertz CT molecular complexity index is 1660. The quantitative estimate of drug-likeness (QED) is 0.280. The number of pyridine rings is 1. The van der Waals surface area contributed by atoms with Gasteiger partial charge in [0.1, 0.15) is 0 Å². The maximum absolute atomic E-state index is 13.7. The maximum atomic E-state index is 13.7. The Morgan fingerprint density at radius 2 is 1.68 bits per heavy atom. The Balaban J connectivity index is 2.04. The number of rotatable bonds is 5. The fraction of sp³-hybridized carbons (Fsp3) is 0.185. The van der Waals surface area contributed by atoms with Gasteiger partial charge in [-0.05, 0) is 52.4 Å². The number of nitrogens with zero attached hydrogens (tertiary/aromatic N) is 1. The predicted octanol–water partition coefficient (Wildman–Crippen LogP) is 7.47. The Labute approximate surface area is 216 Å². The molecular weight excluding hydrogens is 527 g/mol. The van der Waals surface area contributed by atoms with Gasteiger partial charge in [-0.1, -0.05) is 55.8 Å². The second kappa shape index (κ2) is 9.46. The third kappa shape index (κ3) is 5.06. The number of sulfone groups is 1. The lowest BCUT2D eigenvalue weighted by Gasteiger charge is -2.19. The van der Waals surface area contributed by atoms with Crippen molar-refractivity contribution < 1.29 is 31.5 Å². The lowest BCUT2D eigenvalue weighted by molar-refractivity contribution is -0.136. The number of fused-ring (bicyclic) bond motifs is 1. The molecule has 10 heteroatoms. The number of alkyl halides is 3. The summed E-state index contributed by atoms with van der Waals surface area (Å²) in [6.45, 7) is 3.80. The van der Waals surface area contributed by atoms with Crippen LogP contribution in [0.4, 0.5) is 13.2 Å². The van der Waals surface area contributed by atoms with Crippen LogP contribution in [0, 0.1) is 0 Å². The number of hydrogen-bond donors (Lipinski definition) is 1. The van der Waals surface area contributed by atoms with Crippen LogP contribution in [0.15, 0.2) is 65.7 Å². The molecule has 3 aromatic carbocycles. The fourth-order valence-electron chi connectivity index (χ4n) is 4.25. The Kier molecular flexibility index (Phi) is 6.81. The summed E-state index contributed by atoms with van der Waals surface area (Å²) in [6.07, 6.45) is -2.21. The van der Waals surface area contributed by atoms with Crippen LogP contribution in [-0.4, -0.2) is 30.7 Å². The first-order chi connectivity index (χ1) is 17.2. The molecule has 1 N–H and O–H groups in total. The highest BCUT2D eigenvalue weighted by Crippen LogP contribution is 2.42. The predicted molar refractivity (Wildman–Crippen MR) is 137 cm³/mol. The van der Waals surface area contributed by atoms with Crippen molar-refractivity contribution in [1.82, 2.24) is 4.98 Å². The standard InChI is InChI=1S/C27H21ClF3NO4S/c1-14(2)21-13-32-25-18(8-5-9-22(25)27(29,30)31)23(21)16-7-4-6-15(10-16)19-11-17(37(3,35)36)12-20(24(19)28)26(33)34/h4-14H,1-3H3,(H,33,34). The van der Waals surface area contributed by atoms with Crippen molar-refractivity contribution in [3.05, 3.63) is 82.5 Å². The molecule has 4 rings (SSSR count). The first-order valence-corrected chi connectivity index (χ1v) is 13.3. The lowest BCUT2D eigenvalue weighted by atomic mass is 9.88. The average Bonchev–Trinajstić information content (AvgIpc) is 2.81. The number of benzene rings is 3. The summed E-state index contributed by atoms with van der Waals surface area (Å²) in [5.41, 5.74) is 0.958. The molecule has 37 heavy (non-hydrogen) atoms. The monoisotopic (exact) mass is 547 g/mol. The first-order valence-electron chi connectivity index (χ1n) is 11.1. The Morgan fingerprint density at radius 3 is 2.27 bits per heavy atom. The smallest absolute Gasteiger partial charge is 0.418 e. The van der Waals surface area contributed by atoms with E-state index in [4.69, 9.17) is 11.6 Å². The molecule has 5 nitrogen and oxygen atoms in total. The molecule has 0 saturated heterocycles. The number of carbonyl (C=O) groups is 1. The van der Waals surface area contributed by atoms with Crippen LogP contribution < -0.4 is 0 Å². The van der Waals surface area contributed by atoms with Gasteiger partial charge in [-0.25, -0.2) is 13.2 Å². The molecule has 0 spiro atoms. The fourth-order valence-corrected chi connectivity index (χ4v) is 5.21. The van der Waals surface area contributed by atoms with E-state index in [0.29, 0.717) is 27.6 Å². The number of carboxylic acids is 1. The summed E-state index contributed by atoms with van der Waals surface area (Å²) in [5.74, 6) is -1.48. The zero-order valence-electron chi connectivity index (χ0n) is 19.9. The summed E-state index contributed by atoms with van der Waals surface area (Å²) in [4.78, 5) is 15.7. The van der Waals surface area contributed by atoms with Crippen LogP contribution in [0.3, 0.4) is 0 Å². The second-order valence-corrected chi connectivity index (χ2v) is 11.3. The van der Waals surface area contributed by atoms with Crippen molar-refractivity contribution in [1.29, 1.82) is 0 Å². The Hall–Kier alpha value is -3.43. The van der Waals surface area contributed by atoms with Gasteiger partial charge >= 0.3 is 12.1 Å². The zero-order valence-corrected chi connectivity index (χ0v) is 21.5. The molecule has 0 atom stereocenters. The molecule has 0 aliphatic rings. The van der Waals surface area contributed by atoms with Crippen LogP contribution in [0.5, 0.6) is 0 Å². The highest BCUT2D eigenvalue weighted by Gasteiger charge is 2.34. The number of aromatic nitrogens is 1. The van der Waals surface area contributed by atoms with Crippen LogP contribution >= 0.6 is 11.6 Å². The normalized spacial score (nSPS) is 12.3. The van der Waals surface area contributed by atoms with Gasteiger partial charge in [-0.15, -0.1) is 0 Å². The highest BCUT2D eigenvalue weighted by atomic mass is 35.5. The van der Waals surface area contributed by atoms with Crippen molar-refractivity contribution in [2.24, 2.45) is 0 Å². The van der Waals surface area contributed by atoms with E-state index in [1.165, 1.54) is 18.3 Å². The van der Waals surface area contributed by atoms with E-state index in [-0.39, 0.29) is 32.5 Å². The van der Waals surface area contributed by atoms with Gasteiger partial charge in [0.2, 0.25) is 0 Å². The molecule has 0 amide bonds. The van der Waals surface area contributed by atoms with Crippen molar-refractivity contribution in [2.45, 2.75) is 30.8 Å². The molecule has 4 aromatic rings. The van der Waals surface area contributed by atoms with Crippen molar-refractivity contribution in [2.75, 3.05) is 6.26 Å². The molecular formula is C27H21ClF3NO4S. The maximum Gasteiger partial charge on any atom is 0.418 e. The number of aromatic carboxylic acids is 1. The summed E-state index contributed by atoms with van der Waals surface area (Å²) >= 11 is 6.40. The highest BCUT2D eigenvalue weighted by molar-refractivity contribution is 7.90. The largest absolute Gasteiger partial charge is 0.478 e. The molecule has 1 heterocycles. The lowest BCUT2D eigenvalue weighted by Crippen LogP contribution is -2.07. The average molecular weight is 548 g/mol. The molecule has 0 radical (unpaired) electrons. The van der Waals surface area contributed by atoms with Crippen LogP contribution in [0.2, 0.25) is 5.02 Å². The molecule has 0 saturated carbocycles. The van der Waals surface area contributed by atoms with E-state index in [1.54, 1.807) is 30.3 Å². The van der Waals surface area contributed by atoms with E-state index < -0.39 is 27.5 Å².